The van der Waals surface area contributed by atoms with E-state index in [1.807, 2.05) is 40.3 Å². The fraction of sp³-hybridized carbons (Fsp3) is 0.412. The maximum absolute atomic E-state index is 13.0. The van der Waals surface area contributed by atoms with Crippen molar-refractivity contribution < 1.29 is 9.59 Å². The minimum atomic E-state index is -0.0246. The highest BCUT2D eigenvalue weighted by Gasteiger charge is 2.24. The van der Waals surface area contributed by atoms with Crippen LogP contribution in [0.4, 0.5) is 0 Å². The Balaban J connectivity index is 1.75. The Bertz CT molecular complexity index is 734. The third-order valence-corrected chi connectivity index (χ3v) is 4.77. The van der Waals surface area contributed by atoms with Crippen LogP contribution in [0.3, 0.4) is 0 Å². The number of carbonyl (C=O) groups is 2. The molecule has 0 atom stereocenters. The summed E-state index contributed by atoms with van der Waals surface area (Å²) in [5, 5.41) is 7.63. The average Bonchev–Trinajstić information content (AvgIpc) is 3.05. The van der Waals surface area contributed by atoms with E-state index >= 15 is 0 Å². The third kappa shape index (κ3) is 4.01. The Morgan fingerprint density at radius 2 is 1.72 bits per heavy atom. The molecular formula is C17H21N5O2S. The molecule has 7 nitrogen and oxygen atoms in total. The molecule has 3 rings (SSSR count). The van der Waals surface area contributed by atoms with E-state index in [-0.39, 0.29) is 11.8 Å². The Labute approximate surface area is 151 Å². The number of rotatable bonds is 4. The van der Waals surface area contributed by atoms with Gasteiger partial charge in [0.15, 0.2) is 0 Å². The standard InChI is InChI=1S/C17H21N5O2S/c1-25-11-16(23)20-7-4-8-21(10-9-20)17(24)14-5-2-3-6-15(14)22-12-18-19-13-22/h2-3,5-6,12-13H,4,7-11H2,1H3. The lowest BCUT2D eigenvalue weighted by Crippen LogP contribution is -2.38. The first-order chi connectivity index (χ1) is 12.2. The number of aromatic nitrogens is 3. The van der Waals surface area contributed by atoms with Crippen LogP contribution >= 0.6 is 11.8 Å². The van der Waals surface area contributed by atoms with E-state index in [9.17, 15) is 9.59 Å². The number of para-hydroxylation sites is 1. The summed E-state index contributed by atoms with van der Waals surface area (Å²) in [7, 11) is 0. The summed E-state index contributed by atoms with van der Waals surface area (Å²) in [6.45, 7) is 2.49. The molecule has 1 aliphatic rings. The van der Waals surface area contributed by atoms with Gasteiger partial charge in [0.25, 0.3) is 5.91 Å². The van der Waals surface area contributed by atoms with E-state index in [0.29, 0.717) is 37.5 Å². The van der Waals surface area contributed by atoms with E-state index in [0.717, 1.165) is 12.1 Å². The number of carbonyl (C=O) groups excluding carboxylic acids is 2. The summed E-state index contributed by atoms with van der Waals surface area (Å²) in [5.74, 6) is 0.611. The second-order valence-electron chi connectivity index (χ2n) is 5.85. The van der Waals surface area contributed by atoms with Crippen LogP contribution in [0, 0.1) is 0 Å². The first-order valence-corrected chi connectivity index (χ1v) is 9.60. The summed E-state index contributed by atoms with van der Waals surface area (Å²) >= 11 is 1.53. The number of amides is 2. The average molecular weight is 359 g/mol. The molecule has 2 amide bonds. The number of hydrogen-bond acceptors (Lipinski definition) is 5. The van der Waals surface area contributed by atoms with Crippen molar-refractivity contribution in [3.05, 3.63) is 42.5 Å². The molecule has 1 saturated heterocycles. The zero-order valence-corrected chi connectivity index (χ0v) is 15.0. The monoisotopic (exact) mass is 359 g/mol. The zero-order valence-electron chi connectivity index (χ0n) is 14.2. The summed E-state index contributed by atoms with van der Waals surface area (Å²) < 4.78 is 1.74. The van der Waals surface area contributed by atoms with E-state index in [1.165, 1.54) is 11.8 Å². The molecule has 0 radical (unpaired) electrons. The molecular weight excluding hydrogens is 338 g/mol. The lowest BCUT2D eigenvalue weighted by molar-refractivity contribution is -0.128. The van der Waals surface area contributed by atoms with Gasteiger partial charge in [0.05, 0.1) is 17.0 Å². The van der Waals surface area contributed by atoms with E-state index < -0.39 is 0 Å². The van der Waals surface area contributed by atoms with Gasteiger partial charge in [0.2, 0.25) is 5.91 Å². The van der Waals surface area contributed by atoms with Crippen LogP contribution in [-0.4, -0.2) is 74.6 Å². The summed E-state index contributed by atoms with van der Waals surface area (Å²) in [6.07, 6.45) is 5.88. The molecule has 132 valence electrons. The molecule has 25 heavy (non-hydrogen) atoms. The van der Waals surface area contributed by atoms with Gasteiger partial charge in [-0.15, -0.1) is 10.2 Å². The summed E-state index contributed by atoms with van der Waals surface area (Å²) in [6, 6.07) is 7.44. The van der Waals surface area contributed by atoms with Gasteiger partial charge >= 0.3 is 0 Å². The first kappa shape index (κ1) is 17.5. The summed E-state index contributed by atoms with van der Waals surface area (Å²) in [4.78, 5) is 28.8. The quantitative estimate of drug-likeness (QED) is 0.823. The van der Waals surface area contributed by atoms with Crippen LogP contribution in [0.1, 0.15) is 16.8 Å². The van der Waals surface area contributed by atoms with Gasteiger partial charge in [-0.2, -0.15) is 11.8 Å². The van der Waals surface area contributed by atoms with Crippen molar-refractivity contribution in [1.29, 1.82) is 0 Å². The fourth-order valence-corrected chi connectivity index (χ4v) is 3.39. The predicted octanol–water partition coefficient (Wildman–Crippen LogP) is 1.30. The van der Waals surface area contributed by atoms with E-state index in [4.69, 9.17) is 0 Å². The highest BCUT2D eigenvalue weighted by molar-refractivity contribution is 7.99. The molecule has 0 N–H and O–H groups in total. The van der Waals surface area contributed by atoms with E-state index in [1.54, 1.807) is 17.2 Å². The Morgan fingerprint density at radius 1 is 1.04 bits per heavy atom. The fourth-order valence-electron chi connectivity index (χ4n) is 2.96. The van der Waals surface area contributed by atoms with Crippen LogP contribution < -0.4 is 0 Å². The second kappa shape index (κ2) is 8.15. The van der Waals surface area contributed by atoms with Crippen molar-refractivity contribution in [1.82, 2.24) is 24.6 Å². The molecule has 8 heteroatoms. The molecule has 0 spiro atoms. The van der Waals surface area contributed by atoms with Crippen LogP contribution in [0.2, 0.25) is 0 Å². The molecule has 2 aromatic rings. The Hall–Kier alpha value is -2.35. The van der Waals surface area contributed by atoms with E-state index in [2.05, 4.69) is 10.2 Å². The SMILES string of the molecule is CSCC(=O)N1CCCN(C(=O)c2ccccc2-n2cnnc2)CC1. The van der Waals surface area contributed by atoms with Gasteiger partial charge < -0.3 is 9.80 Å². The van der Waals surface area contributed by atoms with Gasteiger partial charge in [-0.1, -0.05) is 12.1 Å². The molecule has 1 aliphatic heterocycles. The number of hydrogen-bond donors (Lipinski definition) is 0. The van der Waals surface area contributed by atoms with Crippen LogP contribution in [-0.2, 0) is 4.79 Å². The normalized spacial score (nSPS) is 15.1. The molecule has 0 unspecified atom stereocenters. The van der Waals surface area contributed by atoms with Crippen LogP contribution in [0.15, 0.2) is 36.9 Å². The van der Waals surface area contributed by atoms with Crippen molar-refractivity contribution in [2.45, 2.75) is 6.42 Å². The highest BCUT2D eigenvalue weighted by atomic mass is 32.2. The maximum Gasteiger partial charge on any atom is 0.256 e. The van der Waals surface area contributed by atoms with Crippen molar-refractivity contribution in [3.63, 3.8) is 0 Å². The maximum atomic E-state index is 13.0. The first-order valence-electron chi connectivity index (χ1n) is 8.20. The second-order valence-corrected chi connectivity index (χ2v) is 6.71. The van der Waals surface area contributed by atoms with Crippen LogP contribution in [0.5, 0.6) is 0 Å². The Kier molecular flexibility index (Phi) is 5.70. The largest absolute Gasteiger partial charge is 0.340 e. The minimum Gasteiger partial charge on any atom is -0.340 e. The van der Waals surface area contributed by atoms with Gasteiger partial charge in [0, 0.05) is 26.2 Å². The molecule has 2 heterocycles. The number of thioether (sulfide) groups is 1. The highest BCUT2D eigenvalue weighted by Crippen LogP contribution is 2.17. The zero-order chi connectivity index (χ0) is 17.6. The van der Waals surface area contributed by atoms with Crippen LogP contribution in [0.25, 0.3) is 5.69 Å². The molecule has 0 saturated carbocycles. The summed E-state index contributed by atoms with van der Waals surface area (Å²) in [5.41, 5.74) is 1.38. The van der Waals surface area contributed by atoms with Crippen molar-refractivity contribution in [2.24, 2.45) is 0 Å². The smallest absolute Gasteiger partial charge is 0.256 e. The number of benzene rings is 1. The van der Waals surface area contributed by atoms with Gasteiger partial charge in [-0.05, 0) is 24.8 Å². The number of nitrogens with zero attached hydrogens (tertiary/aromatic N) is 5. The molecule has 1 fully saturated rings. The Morgan fingerprint density at radius 3 is 2.48 bits per heavy atom. The third-order valence-electron chi connectivity index (χ3n) is 4.24. The van der Waals surface area contributed by atoms with Crippen molar-refractivity contribution in [3.8, 4) is 5.69 Å². The lowest BCUT2D eigenvalue weighted by Gasteiger charge is -2.23. The molecule has 1 aromatic heterocycles. The molecule has 1 aromatic carbocycles. The van der Waals surface area contributed by atoms with Crippen molar-refractivity contribution >= 4 is 23.6 Å². The van der Waals surface area contributed by atoms with Gasteiger partial charge in [0.1, 0.15) is 12.7 Å². The topological polar surface area (TPSA) is 71.3 Å². The van der Waals surface area contributed by atoms with Gasteiger partial charge in [-0.3, -0.25) is 14.2 Å². The molecule has 0 bridgehead atoms. The van der Waals surface area contributed by atoms with Crippen molar-refractivity contribution in [2.75, 3.05) is 38.2 Å². The van der Waals surface area contributed by atoms with Gasteiger partial charge in [-0.25, -0.2) is 0 Å². The molecule has 0 aliphatic carbocycles. The predicted molar refractivity (Wildman–Crippen MR) is 96.8 cm³/mol. The lowest BCUT2D eigenvalue weighted by atomic mass is 10.1. The minimum absolute atomic E-state index is 0.0246.